The Labute approximate surface area is 101 Å². The zero-order valence-electron chi connectivity index (χ0n) is 9.72. The largest absolute Gasteiger partial charge is 0.339 e. The summed E-state index contributed by atoms with van der Waals surface area (Å²) in [6, 6.07) is 1.52. The first-order chi connectivity index (χ1) is 8.38. The van der Waals surface area contributed by atoms with Crippen LogP contribution in [0.4, 0.5) is 8.78 Å². The highest BCUT2D eigenvalue weighted by Gasteiger charge is 2.31. The van der Waals surface area contributed by atoms with Gasteiger partial charge in [-0.3, -0.25) is 9.48 Å². The molecule has 0 aliphatic carbocycles. The van der Waals surface area contributed by atoms with Crippen LogP contribution in [0.2, 0.25) is 0 Å². The molecule has 0 saturated heterocycles. The van der Waals surface area contributed by atoms with Gasteiger partial charge < -0.3 is 4.52 Å². The number of hydrogen-bond donors (Lipinski definition) is 0. The Morgan fingerprint density at radius 3 is 2.78 bits per heavy atom. The van der Waals surface area contributed by atoms with Crippen LogP contribution in [0, 0.1) is 0 Å². The average molecular weight is 256 g/mol. The van der Waals surface area contributed by atoms with E-state index in [9.17, 15) is 13.6 Å². The fourth-order valence-corrected chi connectivity index (χ4v) is 1.38. The van der Waals surface area contributed by atoms with Crippen molar-refractivity contribution in [3.63, 3.8) is 0 Å². The quantitative estimate of drug-likeness (QED) is 0.772. The molecular weight excluding hydrogens is 246 g/mol. The summed E-state index contributed by atoms with van der Waals surface area (Å²) in [5.74, 6) is -4.38. The minimum Gasteiger partial charge on any atom is -0.339 e. The highest BCUT2D eigenvalue weighted by Crippen LogP contribution is 2.23. The van der Waals surface area contributed by atoms with Crippen LogP contribution in [0.3, 0.4) is 0 Å². The van der Waals surface area contributed by atoms with Crippen LogP contribution >= 0.6 is 0 Å². The number of carbonyl (C=O) groups excluding carboxylic acids is 1. The van der Waals surface area contributed by atoms with Gasteiger partial charge in [0.05, 0.1) is 6.42 Å². The summed E-state index contributed by atoms with van der Waals surface area (Å²) >= 11 is 0. The van der Waals surface area contributed by atoms with E-state index in [1.165, 1.54) is 16.9 Å². The second kappa shape index (κ2) is 4.28. The molecule has 0 unspecified atom stereocenters. The second-order valence-electron chi connectivity index (χ2n) is 3.84. The predicted molar refractivity (Wildman–Crippen MR) is 55.1 cm³/mol. The van der Waals surface area contributed by atoms with E-state index in [2.05, 4.69) is 19.8 Å². The van der Waals surface area contributed by atoms with E-state index in [4.69, 9.17) is 0 Å². The summed E-state index contributed by atoms with van der Waals surface area (Å²) in [6.45, 7) is 0.657. The Balaban J connectivity index is 2.13. The lowest BCUT2D eigenvalue weighted by atomic mass is 10.2. The minimum absolute atomic E-state index is 0.141. The number of Topliss-reactive ketones (excluding diaryl/α,β-unsaturated/α-hetero) is 1. The highest BCUT2D eigenvalue weighted by atomic mass is 19.3. The van der Waals surface area contributed by atoms with E-state index < -0.39 is 11.7 Å². The van der Waals surface area contributed by atoms with E-state index in [1.54, 1.807) is 7.05 Å². The Morgan fingerprint density at radius 1 is 1.56 bits per heavy atom. The molecule has 2 aromatic rings. The molecule has 0 bridgehead atoms. The van der Waals surface area contributed by atoms with Crippen molar-refractivity contribution in [2.24, 2.45) is 7.05 Å². The zero-order valence-corrected chi connectivity index (χ0v) is 9.72. The van der Waals surface area contributed by atoms with Crippen molar-refractivity contribution in [3.05, 3.63) is 29.7 Å². The smallest absolute Gasteiger partial charge is 0.307 e. The third-order valence-corrected chi connectivity index (χ3v) is 2.28. The summed E-state index contributed by atoms with van der Waals surface area (Å²) in [4.78, 5) is 15.3. The summed E-state index contributed by atoms with van der Waals surface area (Å²) in [5.41, 5.74) is 0.345. The van der Waals surface area contributed by atoms with Crippen molar-refractivity contribution in [2.45, 2.75) is 19.3 Å². The van der Waals surface area contributed by atoms with Gasteiger partial charge in [-0.05, 0) is 6.07 Å². The van der Waals surface area contributed by atoms with E-state index in [-0.39, 0.29) is 18.1 Å². The number of aryl methyl sites for hydroxylation is 1. The first-order valence-electron chi connectivity index (χ1n) is 5.10. The number of carbonyl (C=O) groups is 1. The van der Waals surface area contributed by atoms with Gasteiger partial charge in [-0.2, -0.15) is 18.9 Å². The van der Waals surface area contributed by atoms with Crippen molar-refractivity contribution in [2.75, 3.05) is 0 Å². The van der Waals surface area contributed by atoms with Crippen molar-refractivity contribution >= 4 is 5.78 Å². The van der Waals surface area contributed by atoms with E-state index >= 15 is 0 Å². The topological polar surface area (TPSA) is 73.8 Å². The van der Waals surface area contributed by atoms with E-state index in [0.717, 1.165) is 0 Å². The maximum Gasteiger partial charge on any atom is 0.307 e. The Morgan fingerprint density at radius 2 is 2.28 bits per heavy atom. The van der Waals surface area contributed by atoms with Crippen molar-refractivity contribution in [3.8, 4) is 0 Å². The number of halogens is 2. The van der Waals surface area contributed by atoms with Crippen LogP contribution in [0.25, 0.3) is 0 Å². The number of aromatic nitrogens is 4. The second-order valence-corrected chi connectivity index (χ2v) is 3.84. The number of rotatable bonds is 4. The summed E-state index contributed by atoms with van der Waals surface area (Å²) in [5, 5.41) is 6.97. The maximum absolute atomic E-state index is 12.9. The lowest BCUT2D eigenvalue weighted by Crippen LogP contribution is -2.11. The number of nitrogens with zero attached hydrogens (tertiary/aromatic N) is 4. The molecule has 0 amide bonds. The van der Waals surface area contributed by atoms with Gasteiger partial charge in [0.2, 0.25) is 11.7 Å². The monoisotopic (exact) mass is 256 g/mol. The van der Waals surface area contributed by atoms with Gasteiger partial charge in [-0.1, -0.05) is 5.16 Å². The normalized spacial score (nSPS) is 11.8. The molecule has 0 saturated carbocycles. The van der Waals surface area contributed by atoms with E-state index in [1.807, 2.05) is 0 Å². The fraction of sp³-hybridized carbons (Fsp3) is 0.400. The first kappa shape index (κ1) is 12.3. The molecule has 6 nitrogen and oxygen atoms in total. The molecular formula is C10H10F2N4O2. The van der Waals surface area contributed by atoms with E-state index in [0.29, 0.717) is 12.6 Å². The molecule has 0 spiro atoms. The lowest BCUT2D eigenvalue weighted by Gasteiger charge is -2.01. The van der Waals surface area contributed by atoms with Gasteiger partial charge in [0.15, 0.2) is 5.78 Å². The van der Waals surface area contributed by atoms with Gasteiger partial charge in [0.25, 0.3) is 0 Å². The molecule has 0 radical (unpaired) electrons. The number of ketones is 1. The molecule has 0 fully saturated rings. The molecule has 8 heteroatoms. The Bertz CT molecular complexity index is 570. The van der Waals surface area contributed by atoms with Crippen molar-refractivity contribution in [1.29, 1.82) is 0 Å². The molecule has 0 aliphatic heterocycles. The van der Waals surface area contributed by atoms with Crippen molar-refractivity contribution < 1.29 is 18.1 Å². The van der Waals surface area contributed by atoms with Crippen LogP contribution in [0.5, 0.6) is 0 Å². The molecule has 0 atom stereocenters. The van der Waals surface area contributed by atoms with Gasteiger partial charge in [-0.15, -0.1) is 0 Å². The minimum atomic E-state index is -3.18. The number of hydrogen-bond acceptors (Lipinski definition) is 5. The SMILES string of the molecule is Cn1nccc1C(=O)Cc1nc(C(C)(F)F)no1. The Kier molecular flexibility index (Phi) is 2.93. The van der Waals surface area contributed by atoms with Crippen LogP contribution in [-0.2, 0) is 19.4 Å². The molecule has 0 aromatic carbocycles. The molecule has 2 rings (SSSR count). The van der Waals surface area contributed by atoms with Crippen LogP contribution in [0.15, 0.2) is 16.8 Å². The molecule has 96 valence electrons. The molecule has 2 heterocycles. The van der Waals surface area contributed by atoms with Crippen LogP contribution in [-0.4, -0.2) is 25.7 Å². The molecule has 0 N–H and O–H groups in total. The van der Waals surface area contributed by atoms with Gasteiger partial charge in [0.1, 0.15) is 5.69 Å². The van der Waals surface area contributed by atoms with Crippen molar-refractivity contribution in [1.82, 2.24) is 19.9 Å². The maximum atomic E-state index is 12.9. The summed E-state index contributed by atoms with van der Waals surface area (Å²) in [6.07, 6.45) is 1.23. The third-order valence-electron chi connectivity index (χ3n) is 2.28. The van der Waals surface area contributed by atoms with Crippen LogP contribution in [0.1, 0.15) is 29.1 Å². The zero-order chi connectivity index (χ0) is 13.3. The molecule has 0 aliphatic rings. The first-order valence-corrected chi connectivity index (χ1v) is 5.10. The lowest BCUT2D eigenvalue weighted by molar-refractivity contribution is 0.00559. The van der Waals surface area contributed by atoms with Gasteiger partial charge in [0, 0.05) is 20.2 Å². The average Bonchev–Trinajstić information content (AvgIpc) is 2.85. The fourth-order valence-electron chi connectivity index (χ4n) is 1.38. The van der Waals surface area contributed by atoms with Crippen LogP contribution < -0.4 is 0 Å². The predicted octanol–water partition coefficient (Wildman–Crippen LogP) is 1.34. The number of alkyl halides is 2. The standard InChI is InChI=1S/C10H10F2N4O2/c1-10(11,12)9-14-8(18-15-9)5-7(17)6-3-4-13-16(6)2/h3-4H,5H2,1-2H3. The summed E-state index contributed by atoms with van der Waals surface area (Å²) in [7, 11) is 1.60. The molecule has 18 heavy (non-hydrogen) atoms. The molecule has 2 aromatic heterocycles. The third kappa shape index (κ3) is 2.41. The van der Waals surface area contributed by atoms with Gasteiger partial charge >= 0.3 is 5.92 Å². The highest BCUT2D eigenvalue weighted by molar-refractivity contribution is 5.95. The van der Waals surface area contributed by atoms with Gasteiger partial charge in [-0.25, -0.2) is 0 Å². The Hall–Kier alpha value is -2.12. The summed E-state index contributed by atoms with van der Waals surface area (Å²) < 4.78 is 31.7.